The van der Waals surface area contributed by atoms with Gasteiger partial charge in [0.25, 0.3) is 0 Å². The molecule has 2 nitrogen and oxygen atoms in total. The number of hydrogen-bond donors (Lipinski definition) is 0. The van der Waals surface area contributed by atoms with Crippen molar-refractivity contribution in [3.05, 3.63) is 34.7 Å². The maximum Gasteiger partial charge on any atom is 0.109 e. The van der Waals surface area contributed by atoms with Gasteiger partial charge in [-0.05, 0) is 29.9 Å². The summed E-state index contributed by atoms with van der Waals surface area (Å²) in [5, 5.41) is 4.17. The lowest BCUT2D eigenvalue weighted by Gasteiger charge is -2.12. The summed E-state index contributed by atoms with van der Waals surface area (Å²) in [6, 6.07) is 8.46. The van der Waals surface area contributed by atoms with E-state index in [1.54, 1.807) is 0 Å². The number of aromatic nitrogens is 2. The molecule has 1 heterocycles. The summed E-state index contributed by atoms with van der Waals surface area (Å²) >= 11 is 1.53. The molecule has 13 heavy (non-hydrogen) atoms. The predicted molar refractivity (Wildman–Crippen MR) is 52.8 cm³/mol. The Morgan fingerprint density at radius 3 is 3.08 bits per heavy atom. The van der Waals surface area contributed by atoms with Crippen LogP contribution < -0.4 is 0 Å². The minimum Gasteiger partial charge on any atom is -0.138 e. The van der Waals surface area contributed by atoms with Gasteiger partial charge in [-0.1, -0.05) is 28.8 Å². The zero-order valence-corrected chi connectivity index (χ0v) is 7.84. The van der Waals surface area contributed by atoms with Crippen LogP contribution in [0.5, 0.6) is 0 Å². The summed E-state index contributed by atoms with van der Waals surface area (Å²) in [4.78, 5) is 1.33. The molecular weight excluding hydrogens is 180 g/mol. The van der Waals surface area contributed by atoms with E-state index in [1.165, 1.54) is 27.5 Å². The van der Waals surface area contributed by atoms with Crippen LogP contribution in [0.4, 0.5) is 0 Å². The van der Waals surface area contributed by atoms with Crippen LogP contribution >= 0.6 is 11.5 Å². The first-order chi connectivity index (χ1) is 6.45. The number of aryl methyl sites for hydroxylation is 2. The van der Waals surface area contributed by atoms with Crippen molar-refractivity contribution in [2.75, 3.05) is 0 Å². The van der Waals surface area contributed by atoms with Crippen LogP contribution in [0.2, 0.25) is 0 Å². The molecule has 3 rings (SSSR count). The van der Waals surface area contributed by atoms with Crippen molar-refractivity contribution in [2.24, 2.45) is 0 Å². The molecule has 0 bridgehead atoms. The monoisotopic (exact) mass is 188 g/mol. The molecule has 1 aliphatic rings. The quantitative estimate of drug-likeness (QED) is 0.634. The molecule has 1 aromatic carbocycles. The van der Waals surface area contributed by atoms with E-state index in [1.807, 2.05) is 0 Å². The van der Waals surface area contributed by atoms with Gasteiger partial charge in [0.2, 0.25) is 0 Å². The molecule has 0 saturated carbocycles. The Balaban J connectivity index is 2.30. The number of rotatable bonds is 0. The third-order valence-electron chi connectivity index (χ3n) is 2.45. The molecule has 0 amide bonds. The van der Waals surface area contributed by atoms with E-state index in [-0.39, 0.29) is 0 Å². The van der Waals surface area contributed by atoms with Gasteiger partial charge in [-0.15, -0.1) is 5.10 Å². The van der Waals surface area contributed by atoms with Gasteiger partial charge < -0.3 is 0 Å². The van der Waals surface area contributed by atoms with Crippen LogP contribution in [0.15, 0.2) is 24.3 Å². The van der Waals surface area contributed by atoms with Crippen molar-refractivity contribution in [2.45, 2.75) is 12.8 Å². The fourth-order valence-corrected chi connectivity index (χ4v) is 2.45. The third kappa shape index (κ3) is 1.00. The van der Waals surface area contributed by atoms with Gasteiger partial charge in [0.05, 0.1) is 4.88 Å². The molecule has 0 unspecified atom stereocenters. The summed E-state index contributed by atoms with van der Waals surface area (Å²) in [6.07, 6.45) is 2.23. The second kappa shape index (κ2) is 2.64. The van der Waals surface area contributed by atoms with Crippen LogP contribution in [0.3, 0.4) is 0 Å². The van der Waals surface area contributed by atoms with Crippen molar-refractivity contribution < 1.29 is 0 Å². The molecule has 1 aliphatic carbocycles. The Labute approximate surface area is 80.4 Å². The second-order valence-corrected chi connectivity index (χ2v) is 4.04. The summed E-state index contributed by atoms with van der Waals surface area (Å²) in [5.41, 5.74) is 3.78. The highest BCUT2D eigenvalue weighted by Gasteiger charge is 2.18. The van der Waals surface area contributed by atoms with Crippen LogP contribution in [-0.2, 0) is 12.8 Å². The molecule has 2 aromatic rings. The minimum absolute atomic E-state index is 1.10. The molecule has 0 atom stereocenters. The van der Waals surface area contributed by atoms with Gasteiger partial charge >= 0.3 is 0 Å². The van der Waals surface area contributed by atoms with E-state index in [9.17, 15) is 0 Å². The number of hydrogen-bond acceptors (Lipinski definition) is 3. The Hall–Kier alpha value is -1.22. The van der Waals surface area contributed by atoms with Crippen molar-refractivity contribution in [3.8, 4) is 11.3 Å². The molecule has 0 aliphatic heterocycles. The Bertz CT molecular complexity index is 448. The van der Waals surface area contributed by atoms with E-state index in [4.69, 9.17) is 0 Å². The van der Waals surface area contributed by atoms with E-state index < -0.39 is 0 Å². The van der Waals surface area contributed by atoms with E-state index in [0.29, 0.717) is 0 Å². The molecule has 0 radical (unpaired) electrons. The van der Waals surface area contributed by atoms with Crippen molar-refractivity contribution in [1.29, 1.82) is 0 Å². The second-order valence-electron chi connectivity index (χ2n) is 3.20. The molecule has 3 heteroatoms. The molecule has 0 spiro atoms. The molecule has 0 fully saturated rings. The maximum absolute atomic E-state index is 4.17. The van der Waals surface area contributed by atoms with Gasteiger partial charge in [0, 0.05) is 5.56 Å². The molecular formula is C10H8N2S. The van der Waals surface area contributed by atoms with Gasteiger partial charge in [0.15, 0.2) is 0 Å². The Morgan fingerprint density at radius 1 is 1.15 bits per heavy atom. The van der Waals surface area contributed by atoms with Crippen molar-refractivity contribution in [1.82, 2.24) is 9.59 Å². The van der Waals surface area contributed by atoms with E-state index in [0.717, 1.165) is 18.5 Å². The maximum atomic E-state index is 4.17. The third-order valence-corrected chi connectivity index (χ3v) is 3.23. The lowest BCUT2D eigenvalue weighted by atomic mass is 9.94. The molecule has 64 valence electrons. The lowest BCUT2D eigenvalue weighted by Crippen LogP contribution is -2.01. The number of benzene rings is 1. The average Bonchev–Trinajstić information content (AvgIpc) is 2.65. The van der Waals surface area contributed by atoms with Crippen LogP contribution in [0.25, 0.3) is 11.3 Å². The van der Waals surface area contributed by atoms with Crippen molar-refractivity contribution in [3.63, 3.8) is 0 Å². The van der Waals surface area contributed by atoms with Crippen LogP contribution in [-0.4, -0.2) is 9.59 Å². The summed E-state index contributed by atoms with van der Waals surface area (Å²) in [6.45, 7) is 0. The van der Waals surface area contributed by atoms with Crippen LogP contribution in [0.1, 0.15) is 10.4 Å². The first-order valence-electron chi connectivity index (χ1n) is 4.34. The van der Waals surface area contributed by atoms with Gasteiger partial charge in [-0.25, -0.2) is 0 Å². The number of fused-ring (bicyclic) bond motifs is 3. The summed E-state index contributed by atoms with van der Waals surface area (Å²) in [7, 11) is 0. The average molecular weight is 188 g/mol. The lowest BCUT2D eigenvalue weighted by molar-refractivity contribution is 0.950. The fourth-order valence-electron chi connectivity index (χ4n) is 1.80. The van der Waals surface area contributed by atoms with Gasteiger partial charge in [0.1, 0.15) is 5.69 Å². The summed E-state index contributed by atoms with van der Waals surface area (Å²) in [5.74, 6) is 0. The highest BCUT2D eigenvalue weighted by molar-refractivity contribution is 7.06. The smallest absolute Gasteiger partial charge is 0.109 e. The Morgan fingerprint density at radius 2 is 2.08 bits per heavy atom. The Kier molecular flexibility index (Phi) is 1.46. The summed E-state index contributed by atoms with van der Waals surface area (Å²) < 4.78 is 3.99. The zero-order valence-electron chi connectivity index (χ0n) is 7.03. The zero-order chi connectivity index (χ0) is 8.67. The largest absolute Gasteiger partial charge is 0.138 e. The normalized spacial score (nSPS) is 13.5. The first kappa shape index (κ1) is 7.21. The highest BCUT2D eigenvalue weighted by Crippen LogP contribution is 2.32. The molecule has 0 saturated heterocycles. The standard InChI is InChI=1S/C10H8N2S/c1-2-4-8-7(3-1)5-6-9-10(8)11-12-13-9/h1-4H,5-6H2. The first-order valence-corrected chi connectivity index (χ1v) is 5.12. The van der Waals surface area contributed by atoms with Gasteiger partial charge in [-0.2, -0.15) is 0 Å². The fraction of sp³-hybridized carbons (Fsp3) is 0.200. The molecule has 0 N–H and O–H groups in total. The predicted octanol–water partition coefficient (Wildman–Crippen LogP) is 2.30. The van der Waals surface area contributed by atoms with Crippen LogP contribution in [0, 0.1) is 0 Å². The minimum atomic E-state index is 1.10. The van der Waals surface area contributed by atoms with E-state index >= 15 is 0 Å². The highest BCUT2D eigenvalue weighted by atomic mass is 32.1. The topological polar surface area (TPSA) is 25.8 Å². The van der Waals surface area contributed by atoms with Crippen molar-refractivity contribution >= 4 is 11.5 Å². The van der Waals surface area contributed by atoms with Gasteiger partial charge in [-0.3, -0.25) is 0 Å². The number of nitrogens with zero attached hydrogens (tertiary/aromatic N) is 2. The SMILES string of the molecule is c1ccc2c(c1)CCc1snnc1-2. The van der Waals surface area contributed by atoms with E-state index in [2.05, 4.69) is 33.9 Å². The molecule has 1 aromatic heterocycles.